The molecule has 6 heteroatoms. The Balaban J connectivity index is 3.24. The topological polar surface area (TPSA) is 43.4 Å². The van der Waals surface area contributed by atoms with Crippen molar-refractivity contribution in [3.63, 3.8) is 0 Å². The average molecular weight is 267 g/mol. The molecular formula is C10H12ClFO3S. The van der Waals surface area contributed by atoms with Crippen LogP contribution in [0.25, 0.3) is 0 Å². The fourth-order valence-corrected chi connectivity index (χ4v) is 2.42. The van der Waals surface area contributed by atoms with Gasteiger partial charge in [-0.3, -0.25) is 0 Å². The third-order valence-electron chi connectivity index (χ3n) is 2.09. The molecule has 16 heavy (non-hydrogen) atoms. The van der Waals surface area contributed by atoms with E-state index in [9.17, 15) is 12.8 Å². The Kier molecular flexibility index (Phi) is 4.15. The van der Waals surface area contributed by atoms with Crippen molar-refractivity contribution in [3.8, 4) is 5.75 Å². The smallest absolute Gasteiger partial charge is 0.236 e. The van der Waals surface area contributed by atoms with E-state index in [1.165, 1.54) is 14.0 Å². The molecule has 1 aromatic rings. The van der Waals surface area contributed by atoms with Crippen molar-refractivity contribution < 1.29 is 17.5 Å². The molecule has 0 aliphatic carbocycles. The SMILES string of the molecule is COc1c(CS(=O)(=O)Cl)cccc1C(C)F. The van der Waals surface area contributed by atoms with Crippen LogP contribution in [0, 0.1) is 0 Å². The van der Waals surface area contributed by atoms with Crippen LogP contribution < -0.4 is 4.74 Å². The lowest BCUT2D eigenvalue weighted by Gasteiger charge is -2.13. The minimum atomic E-state index is -3.68. The summed E-state index contributed by atoms with van der Waals surface area (Å²) in [5.74, 6) is -0.139. The van der Waals surface area contributed by atoms with E-state index in [1.807, 2.05) is 0 Å². The van der Waals surface area contributed by atoms with E-state index < -0.39 is 15.2 Å². The highest BCUT2D eigenvalue weighted by Crippen LogP contribution is 2.32. The van der Waals surface area contributed by atoms with Crippen LogP contribution in [-0.4, -0.2) is 15.5 Å². The summed E-state index contributed by atoms with van der Waals surface area (Å²) in [6.07, 6.45) is -1.23. The lowest BCUT2D eigenvalue weighted by atomic mass is 10.1. The summed E-state index contributed by atoms with van der Waals surface area (Å²) < 4.78 is 40.2. The van der Waals surface area contributed by atoms with Crippen molar-refractivity contribution in [2.24, 2.45) is 0 Å². The van der Waals surface area contributed by atoms with Gasteiger partial charge in [0.1, 0.15) is 11.9 Å². The van der Waals surface area contributed by atoms with E-state index in [2.05, 4.69) is 0 Å². The Morgan fingerprint density at radius 1 is 1.50 bits per heavy atom. The quantitative estimate of drug-likeness (QED) is 0.787. The normalized spacial score (nSPS) is 13.5. The van der Waals surface area contributed by atoms with E-state index in [-0.39, 0.29) is 11.5 Å². The first-order valence-electron chi connectivity index (χ1n) is 4.57. The van der Waals surface area contributed by atoms with Gasteiger partial charge in [0.2, 0.25) is 9.05 Å². The molecule has 0 saturated carbocycles. The molecule has 90 valence electrons. The van der Waals surface area contributed by atoms with Gasteiger partial charge >= 0.3 is 0 Å². The molecule has 0 radical (unpaired) electrons. The first kappa shape index (κ1) is 13.3. The van der Waals surface area contributed by atoms with Crippen molar-refractivity contribution in [2.45, 2.75) is 18.8 Å². The van der Waals surface area contributed by atoms with Crippen molar-refractivity contribution >= 4 is 19.7 Å². The van der Waals surface area contributed by atoms with E-state index in [0.717, 1.165) is 0 Å². The monoisotopic (exact) mass is 266 g/mol. The van der Waals surface area contributed by atoms with E-state index in [0.29, 0.717) is 11.1 Å². The van der Waals surface area contributed by atoms with Crippen LogP contribution in [0.3, 0.4) is 0 Å². The molecule has 0 saturated heterocycles. The molecule has 1 rings (SSSR count). The van der Waals surface area contributed by atoms with Gasteiger partial charge in [0.25, 0.3) is 0 Å². The lowest BCUT2D eigenvalue weighted by Crippen LogP contribution is -2.02. The Bertz CT molecular complexity index is 471. The number of para-hydroxylation sites is 1. The number of hydrogen-bond donors (Lipinski definition) is 0. The van der Waals surface area contributed by atoms with Crippen molar-refractivity contribution in [1.82, 2.24) is 0 Å². The van der Waals surface area contributed by atoms with Crippen molar-refractivity contribution in [3.05, 3.63) is 29.3 Å². The average Bonchev–Trinajstić information content (AvgIpc) is 2.14. The zero-order chi connectivity index (χ0) is 12.3. The zero-order valence-electron chi connectivity index (χ0n) is 8.91. The van der Waals surface area contributed by atoms with Gasteiger partial charge in [0, 0.05) is 21.8 Å². The molecule has 0 amide bonds. The van der Waals surface area contributed by atoms with Crippen LogP contribution in [-0.2, 0) is 14.8 Å². The zero-order valence-corrected chi connectivity index (χ0v) is 10.5. The van der Waals surface area contributed by atoms with Crippen molar-refractivity contribution in [1.29, 1.82) is 0 Å². The standard InChI is InChI=1S/C10H12ClFO3S/c1-7(12)9-5-3-4-8(10(9)15-2)6-16(11,13)14/h3-5,7H,6H2,1-2H3. The molecular weight excluding hydrogens is 255 g/mol. The fourth-order valence-electron chi connectivity index (χ4n) is 1.47. The molecule has 0 fully saturated rings. The van der Waals surface area contributed by atoms with Crippen LogP contribution in [0.15, 0.2) is 18.2 Å². The molecule has 0 N–H and O–H groups in total. The maximum absolute atomic E-state index is 13.2. The predicted octanol–water partition coefficient (Wildman–Crippen LogP) is 2.79. The Labute approximate surface area is 98.6 Å². The maximum Gasteiger partial charge on any atom is 0.236 e. The van der Waals surface area contributed by atoms with Gasteiger partial charge in [-0.25, -0.2) is 12.8 Å². The molecule has 0 aromatic heterocycles. The third-order valence-corrected chi connectivity index (χ3v) is 3.07. The second-order valence-electron chi connectivity index (χ2n) is 3.34. The third kappa shape index (κ3) is 3.35. The maximum atomic E-state index is 13.2. The first-order chi connectivity index (χ1) is 7.35. The number of methoxy groups -OCH3 is 1. The summed E-state index contributed by atoms with van der Waals surface area (Å²) in [6, 6.07) is 4.67. The van der Waals surface area contributed by atoms with Gasteiger partial charge in [-0.1, -0.05) is 18.2 Å². The molecule has 0 aliphatic heterocycles. The molecule has 1 unspecified atom stereocenters. The predicted molar refractivity (Wildman–Crippen MR) is 61.0 cm³/mol. The second kappa shape index (κ2) is 5.01. The highest BCUT2D eigenvalue weighted by Gasteiger charge is 2.17. The minimum Gasteiger partial charge on any atom is -0.496 e. The fraction of sp³-hybridized carbons (Fsp3) is 0.400. The lowest BCUT2D eigenvalue weighted by molar-refractivity contribution is 0.345. The molecule has 1 aromatic carbocycles. The first-order valence-corrected chi connectivity index (χ1v) is 7.05. The molecule has 0 bridgehead atoms. The number of ether oxygens (including phenoxy) is 1. The summed E-state index contributed by atoms with van der Waals surface area (Å²) in [7, 11) is 2.84. The van der Waals surface area contributed by atoms with Gasteiger partial charge in [0.15, 0.2) is 0 Å². The number of alkyl halides is 1. The van der Waals surface area contributed by atoms with Crippen LogP contribution in [0.4, 0.5) is 4.39 Å². The van der Waals surface area contributed by atoms with Crippen LogP contribution >= 0.6 is 10.7 Å². The van der Waals surface area contributed by atoms with E-state index >= 15 is 0 Å². The van der Waals surface area contributed by atoms with E-state index in [4.69, 9.17) is 15.4 Å². The summed E-state index contributed by atoms with van der Waals surface area (Å²) >= 11 is 0. The number of rotatable bonds is 4. The second-order valence-corrected chi connectivity index (χ2v) is 6.12. The molecule has 0 spiro atoms. The van der Waals surface area contributed by atoms with Crippen LogP contribution in [0.5, 0.6) is 5.75 Å². The highest BCUT2D eigenvalue weighted by atomic mass is 35.7. The highest BCUT2D eigenvalue weighted by molar-refractivity contribution is 8.13. The van der Waals surface area contributed by atoms with Crippen molar-refractivity contribution in [2.75, 3.05) is 7.11 Å². The number of hydrogen-bond acceptors (Lipinski definition) is 3. The molecule has 1 atom stereocenters. The van der Waals surface area contributed by atoms with E-state index in [1.54, 1.807) is 18.2 Å². The van der Waals surface area contributed by atoms with Crippen LogP contribution in [0.1, 0.15) is 24.2 Å². The van der Waals surface area contributed by atoms with Gasteiger partial charge in [0.05, 0.1) is 12.9 Å². The van der Waals surface area contributed by atoms with Crippen LogP contribution in [0.2, 0.25) is 0 Å². The molecule has 0 heterocycles. The number of halogens is 2. The largest absolute Gasteiger partial charge is 0.496 e. The van der Waals surface area contributed by atoms with Gasteiger partial charge in [-0.05, 0) is 6.92 Å². The summed E-state index contributed by atoms with van der Waals surface area (Å²) in [6.45, 7) is 1.36. The Morgan fingerprint density at radius 3 is 2.56 bits per heavy atom. The van der Waals surface area contributed by atoms with Gasteiger partial charge < -0.3 is 4.74 Å². The Hall–Kier alpha value is -0.810. The Morgan fingerprint density at radius 2 is 2.12 bits per heavy atom. The summed E-state index contributed by atoms with van der Waals surface area (Å²) in [4.78, 5) is 0. The van der Waals surface area contributed by atoms with Gasteiger partial charge in [-0.2, -0.15) is 0 Å². The van der Waals surface area contributed by atoms with Gasteiger partial charge in [-0.15, -0.1) is 0 Å². The summed E-state index contributed by atoms with van der Waals surface area (Å²) in [5, 5.41) is 0. The number of benzene rings is 1. The molecule has 0 aliphatic rings. The minimum absolute atomic E-state index is 0.238. The molecule has 3 nitrogen and oxygen atoms in total. The summed E-state index contributed by atoms with van der Waals surface area (Å²) in [5.41, 5.74) is 0.680.